The second kappa shape index (κ2) is 11.6. The third-order valence-electron chi connectivity index (χ3n) is 4.77. The van der Waals surface area contributed by atoms with Crippen LogP contribution in [0.15, 0.2) is 12.1 Å². The van der Waals surface area contributed by atoms with E-state index in [0.717, 1.165) is 27.7 Å². The van der Waals surface area contributed by atoms with Gasteiger partial charge in [0, 0.05) is 27.7 Å². The van der Waals surface area contributed by atoms with E-state index in [9.17, 15) is 29.1 Å². The fourth-order valence-corrected chi connectivity index (χ4v) is 3.59. The summed E-state index contributed by atoms with van der Waals surface area (Å²) < 4.78 is 32.7. The molecule has 1 heterocycles. The predicted octanol–water partition coefficient (Wildman–Crippen LogP) is 1.37. The highest BCUT2D eigenvalue weighted by Crippen LogP contribution is 2.35. The Morgan fingerprint density at radius 3 is 1.89 bits per heavy atom. The molecule has 12 heteroatoms. The van der Waals surface area contributed by atoms with E-state index < -0.39 is 67.0 Å². The van der Waals surface area contributed by atoms with Gasteiger partial charge in [-0.15, -0.1) is 0 Å². The van der Waals surface area contributed by atoms with Gasteiger partial charge in [-0.25, -0.2) is 0 Å². The summed E-state index contributed by atoms with van der Waals surface area (Å²) in [5.41, 5.74) is 0.372. The molecule has 0 saturated carbocycles. The van der Waals surface area contributed by atoms with Crippen molar-refractivity contribution in [3.05, 3.63) is 23.3 Å². The van der Waals surface area contributed by atoms with Crippen LogP contribution < -0.4 is 4.74 Å². The molecule has 0 bridgehead atoms. The topological polar surface area (TPSA) is 161 Å². The lowest BCUT2D eigenvalue weighted by Crippen LogP contribution is -2.63. The summed E-state index contributed by atoms with van der Waals surface area (Å²) in [6, 6.07) is 2.81. The monoisotopic (exact) mass is 496 g/mol. The average Bonchev–Trinajstić information content (AvgIpc) is 2.69. The van der Waals surface area contributed by atoms with Crippen LogP contribution in [-0.2, 0) is 42.9 Å². The molecule has 0 amide bonds. The molecule has 0 aromatic heterocycles. The Hall–Kier alpha value is -3.67. The van der Waals surface area contributed by atoms with Crippen LogP contribution in [0.25, 0.3) is 0 Å². The van der Waals surface area contributed by atoms with Crippen molar-refractivity contribution in [1.82, 2.24) is 0 Å². The van der Waals surface area contributed by atoms with E-state index in [-0.39, 0.29) is 17.1 Å². The molecule has 0 unspecified atom stereocenters. The van der Waals surface area contributed by atoms with E-state index >= 15 is 0 Å². The Bertz CT molecular complexity index is 1000. The molecular formula is C23H28O12. The van der Waals surface area contributed by atoms with Crippen molar-refractivity contribution < 1.29 is 57.5 Å². The first-order valence-electron chi connectivity index (χ1n) is 10.6. The van der Waals surface area contributed by atoms with Crippen LogP contribution >= 0.6 is 0 Å². The molecular weight excluding hydrogens is 468 g/mol. The first-order chi connectivity index (χ1) is 16.3. The average molecular weight is 496 g/mol. The van der Waals surface area contributed by atoms with Gasteiger partial charge < -0.3 is 33.5 Å². The number of rotatable bonds is 8. The van der Waals surface area contributed by atoms with Gasteiger partial charge in [0.15, 0.2) is 18.0 Å². The molecule has 1 aromatic carbocycles. The zero-order valence-electron chi connectivity index (χ0n) is 20.2. The molecule has 0 radical (unpaired) electrons. The number of hydrogen-bond acceptors (Lipinski definition) is 12. The molecule has 1 aliphatic heterocycles. The van der Waals surface area contributed by atoms with Gasteiger partial charge in [0.2, 0.25) is 12.4 Å². The minimum Gasteiger partial charge on any atom is -0.507 e. The summed E-state index contributed by atoms with van der Waals surface area (Å²) in [5.74, 6) is -4.01. The van der Waals surface area contributed by atoms with Gasteiger partial charge in [0.05, 0.1) is 0 Å². The van der Waals surface area contributed by atoms with Gasteiger partial charge in [-0.2, -0.15) is 0 Å². The number of aromatic hydroxyl groups is 1. The molecule has 5 atom stereocenters. The van der Waals surface area contributed by atoms with E-state index in [2.05, 4.69) is 0 Å². The van der Waals surface area contributed by atoms with Crippen LogP contribution in [0, 0.1) is 6.92 Å². The number of Topliss-reactive ketones (excluding diaryl/α,β-unsaturated/α-hetero) is 1. The third-order valence-corrected chi connectivity index (χ3v) is 4.77. The van der Waals surface area contributed by atoms with E-state index in [1.54, 1.807) is 6.92 Å². The molecule has 12 nitrogen and oxygen atoms in total. The quantitative estimate of drug-likeness (QED) is 0.313. The number of phenols is 1. The standard InChI is InChI=1S/C23H28O12/c1-10-7-16(29)19(11(2)24)17(8-10)34-23-22(33-15(6)28)21(32-14(5)27)20(31-13(4)26)18(35-23)9-30-12(3)25/h7-8,18,20-23,29H,9H2,1-6H3/t18-,20-,21+,22-,23-/m1/s1. The second-order valence-corrected chi connectivity index (χ2v) is 7.90. The number of benzene rings is 1. The highest BCUT2D eigenvalue weighted by Gasteiger charge is 2.53. The van der Waals surface area contributed by atoms with Crippen LogP contribution in [-0.4, -0.2) is 72.1 Å². The van der Waals surface area contributed by atoms with Crippen LogP contribution in [0.1, 0.15) is 50.5 Å². The zero-order valence-corrected chi connectivity index (χ0v) is 20.2. The maximum atomic E-state index is 12.2. The molecule has 192 valence electrons. The number of hydrogen-bond donors (Lipinski definition) is 1. The van der Waals surface area contributed by atoms with Crippen LogP contribution in [0.4, 0.5) is 0 Å². The van der Waals surface area contributed by atoms with Gasteiger partial charge >= 0.3 is 23.9 Å². The number of aryl methyl sites for hydroxylation is 1. The highest BCUT2D eigenvalue weighted by atomic mass is 16.7. The van der Waals surface area contributed by atoms with Gasteiger partial charge in [-0.1, -0.05) is 0 Å². The minimum atomic E-state index is -1.53. The fourth-order valence-electron chi connectivity index (χ4n) is 3.59. The minimum absolute atomic E-state index is 0.101. The summed E-state index contributed by atoms with van der Waals surface area (Å²) in [7, 11) is 0. The first kappa shape index (κ1) is 27.6. The Balaban J connectivity index is 2.59. The summed E-state index contributed by atoms with van der Waals surface area (Å²) in [6.45, 7) is 6.86. The smallest absolute Gasteiger partial charge is 0.303 e. The lowest BCUT2D eigenvalue weighted by molar-refractivity contribution is -0.288. The summed E-state index contributed by atoms with van der Waals surface area (Å²) >= 11 is 0. The lowest BCUT2D eigenvalue weighted by atomic mass is 9.98. The second-order valence-electron chi connectivity index (χ2n) is 7.90. The number of phenolic OH excluding ortho intramolecular Hbond substituents is 1. The molecule has 0 aliphatic carbocycles. The molecule has 1 fully saturated rings. The number of esters is 4. The van der Waals surface area contributed by atoms with Crippen LogP contribution in [0.5, 0.6) is 11.5 Å². The molecule has 0 spiro atoms. The molecule has 35 heavy (non-hydrogen) atoms. The third kappa shape index (κ3) is 7.41. The van der Waals surface area contributed by atoms with Gasteiger partial charge in [0.1, 0.15) is 29.8 Å². The number of ether oxygens (including phenoxy) is 6. The number of carbonyl (C=O) groups excluding carboxylic acids is 5. The largest absolute Gasteiger partial charge is 0.507 e. The normalized spacial score (nSPS) is 23.5. The van der Waals surface area contributed by atoms with E-state index in [4.69, 9.17) is 28.4 Å². The van der Waals surface area contributed by atoms with Crippen molar-refractivity contribution in [1.29, 1.82) is 0 Å². The maximum Gasteiger partial charge on any atom is 0.303 e. The van der Waals surface area contributed by atoms with Crippen molar-refractivity contribution in [3.8, 4) is 11.5 Å². The molecule has 1 saturated heterocycles. The Labute approximate surface area is 201 Å². The highest BCUT2D eigenvalue weighted by molar-refractivity contribution is 5.99. The van der Waals surface area contributed by atoms with Crippen molar-refractivity contribution >= 4 is 29.7 Å². The molecule has 2 rings (SSSR count). The summed E-state index contributed by atoms with van der Waals surface area (Å²) in [4.78, 5) is 59.2. The predicted molar refractivity (Wildman–Crippen MR) is 115 cm³/mol. The van der Waals surface area contributed by atoms with E-state index in [1.807, 2.05) is 0 Å². The van der Waals surface area contributed by atoms with Gasteiger partial charge in [-0.3, -0.25) is 24.0 Å². The van der Waals surface area contributed by atoms with Gasteiger partial charge in [0.25, 0.3) is 0 Å². The van der Waals surface area contributed by atoms with Crippen LogP contribution in [0.2, 0.25) is 0 Å². The van der Waals surface area contributed by atoms with Crippen molar-refractivity contribution in [2.45, 2.75) is 72.2 Å². The summed E-state index contributed by atoms with van der Waals surface area (Å²) in [5, 5.41) is 10.3. The van der Waals surface area contributed by atoms with Crippen molar-refractivity contribution in [3.63, 3.8) is 0 Å². The Morgan fingerprint density at radius 2 is 1.37 bits per heavy atom. The lowest BCUT2D eigenvalue weighted by Gasteiger charge is -2.44. The fraction of sp³-hybridized carbons (Fsp3) is 0.522. The van der Waals surface area contributed by atoms with E-state index in [1.165, 1.54) is 19.1 Å². The molecule has 1 aliphatic rings. The zero-order chi connectivity index (χ0) is 26.4. The van der Waals surface area contributed by atoms with Crippen molar-refractivity contribution in [2.24, 2.45) is 0 Å². The molecule has 1 N–H and O–H groups in total. The Kier molecular flexibility index (Phi) is 9.18. The van der Waals surface area contributed by atoms with E-state index in [0.29, 0.717) is 5.56 Å². The Morgan fingerprint density at radius 1 is 0.829 bits per heavy atom. The SMILES string of the molecule is CC(=O)OC[C@H]1O[C@@H](Oc2cc(C)cc(O)c2C(C)=O)[C@H](OC(C)=O)[C@@H](OC(C)=O)[C@@H]1OC(C)=O. The molecule has 1 aromatic rings. The number of ketones is 1. The van der Waals surface area contributed by atoms with Crippen LogP contribution in [0.3, 0.4) is 0 Å². The summed E-state index contributed by atoms with van der Waals surface area (Å²) in [6.07, 6.45) is -7.01. The number of carbonyl (C=O) groups is 5. The first-order valence-corrected chi connectivity index (χ1v) is 10.6. The van der Waals surface area contributed by atoms with Gasteiger partial charge in [-0.05, 0) is 31.5 Å². The van der Waals surface area contributed by atoms with Crippen molar-refractivity contribution in [2.75, 3.05) is 6.61 Å². The maximum absolute atomic E-state index is 12.2.